The Hall–Kier alpha value is -0.570. The number of rotatable bonds is 7. The van der Waals surface area contributed by atoms with Gasteiger partial charge in [-0.15, -0.1) is 0 Å². The van der Waals surface area contributed by atoms with Crippen molar-refractivity contribution >= 4 is 6.41 Å². The summed E-state index contributed by atoms with van der Waals surface area (Å²) in [7, 11) is 0. The van der Waals surface area contributed by atoms with Crippen molar-refractivity contribution in [3.8, 4) is 0 Å². The predicted octanol–water partition coefficient (Wildman–Crippen LogP) is 2.47. The van der Waals surface area contributed by atoms with Gasteiger partial charge in [-0.3, -0.25) is 9.80 Å². The summed E-state index contributed by atoms with van der Waals surface area (Å²) in [5.41, 5.74) is 3.33. The Morgan fingerprint density at radius 1 is 1.27 bits per heavy atom. The molecule has 1 amide bonds. The number of nitrogens with zero attached hydrogens (tertiary/aromatic N) is 1. The summed E-state index contributed by atoms with van der Waals surface area (Å²) in [6, 6.07) is 0.533. The second kappa shape index (κ2) is 7.69. The zero-order valence-electron chi connectivity index (χ0n) is 9.87. The van der Waals surface area contributed by atoms with Gasteiger partial charge in [0.25, 0.3) is 0 Å². The molecule has 0 aromatic rings. The van der Waals surface area contributed by atoms with Gasteiger partial charge in [0.2, 0.25) is 6.41 Å². The summed E-state index contributed by atoms with van der Waals surface area (Å²) < 4.78 is 0. The topological polar surface area (TPSA) is 32.3 Å². The molecule has 0 aliphatic heterocycles. The first-order chi connectivity index (χ1) is 7.36. The summed E-state index contributed by atoms with van der Waals surface area (Å²) in [5, 5.41) is 1.74. The largest absolute Gasteiger partial charge is 0.280 e. The van der Waals surface area contributed by atoms with Gasteiger partial charge in [0.05, 0.1) is 0 Å². The van der Waals surface area contributed by atoms with Gasteiger partial charge in [-0.25, -0.2) is 5.43 Å². The van der Waals surface area contributed by atoms with Crippen LogP contribution in [0, 0.1) is 0 Å². The molecule has 0 unspecified atom stereocenters. The van der Waals surface area contributed by atoms with Crippen LogP contribution in [-0.4, -0.2) is 24.0 Å². The van der Waals surface area contributed by atoms with Gasteiger partial charge >= 0.3 is 0 Å². The Kier molecular flexibility index (Phi) is 6.41. The summed E-state index contributed by atoms with van der Waals surface area (Å²) in [5.74, 6) is 0. The number of carbonyl (C=O) groups excluding carboxylic acids is 1. The van der Waals surface area contributed by atoms with E-state index in [-0.39, 0.29) is 0 Å². The molecule has 0 atom stereocenters. The SMILES string of the molecule is CCCCCN(C=O)NC1CCCCC1. The van der Waals surface area contributed by atoms with Crippen molar-refractivity contribution in [2.45, 2.75) is 64.3 Å². The summed E-state index contributed by atoms with van der Waals surface area (Å²) >= 11 is 0. The Morgan fingerprint density at radius 3 is 2.60 bits per heavy atom. The van der Waals surface area contributed by atoms with Gasteiger partial charge in [-0.05, 0) is 19.3 Å². The number of unbranched alkanes of at least 4 members (excludes halogenated alkanes) is 2. The van der Waals surface area contributed by atoms with Crippen LogP contribution < -0.4 is 5.43 Å². The van der Waals surface area contributed by atoms with Crippen LogP contribution in [0.4, 0.5) is 0 Å². The average Bonchev–Trinajstić information content (AvgIpc) is 2.29. The number of amides is 1. The first-order valence-corrected chi connectivity index (χ1v) is 6.35. The molecule has 0 bridgehead atoms. The van der Waals surface area contributed by atoms with E-state index >= 15 is 0 Å². The molecule has 88 valence electrons. The molecule has 1 saturated carbocycles. The summed E-state index contributed by atoms with van der Waals surface area (Å²) in [4.78, 5) is 10.8. The number of hydrogen-bond donors (Lipinski definition) is 1. The average molecular weight is 212 g/mol. The van der Waals surface area contributed by atoms with Crippen molar-refractivity contribution < 1.29 is 4.79 Å². The van der Waals surface area contributed by atoms with Crippen LogP contribution in [0.25, 0.3) is 0 Å². The Bertz CT molecular complexity index is 167. The molecule has 0 radical (unpaired) electrons. The molecule has 0 aromatic carbocycles. The van der Waals surface area contributed by atoms with E-state index in [4.69, 9.17) is 0 Å². The summed E-state index contributed by atoms with van der Waals surface area (Å²) in [6.45, 7) is 3.04. The molecule has 3 heteroatoms. The third kappa shape index (κ3) is 5.17. The highest BCUT2D eigenvalue weighted by atomic mass is 16.1. The minimum absolute atomic E-state index is 0.533. The molecule has 1 N–H and O–H groups in total. The number of nitrogens with one attached hydrogen (secondary N) is 1. The van der Waals surface area contributed by atoms with Crippen LogP contribution in [0.1, 0.15) is 58.3 Å². The lowest BCUT2D eigenvalue weighted by Gasteiger charge is -2.28. The second-order valence-corrected chi connectivity index (χ2v) is 4.47. The summed E-state index contributed by atoms with van der Waals surface area (Å²) in [6.07, 6.45) is 10.9. The smallest absolute Gasteiger partial charge is 0.223 e. The standard InChI is InChI=1S/C12H24N2O/c1-2-3-7-10-14(11-15)13-12-8-5-4-6-9-12/h11-13H,2-10H2,1H3. The lowest BCUT2D eigenvalue weighted by molar-refractivity contribution is -0.122. The second-order valence-electron chi connectivity index (χ2n) is 4.47. The number of hydrogen-bond acceptors (Lipinski definition) is 2. The van der Waals surface area contributed by atoms with Gasteiger partial charge in [0.15, 0.2) is 0 Å². The molecular weight excluding hydrogens is 188 g/mol. The van der Waals surface area contributed by atoms with Gasteiger partial charge in [-0.1, -0.05) is 39.0 Å². The monoisotopic (exact) mass is 212 g/mol. The van der Waals surface area contributed by atoms with Gasteiger partial charge in [-0.2, -0.15) is 0 Å². The van der Waals surface area contributed by atoms with E-state index in [0.29, 0.717) is 6.04 Å². The van der Waals surface area contributed by atoms with Crippen molar-refractivity contribution in [1.29, 1.82) is 0 Å². The van der Waals surface area contributed by atoms with E-state index in [0.717, 1.165) is 19.4 Å². The normalized spacial score (nSPS) is 17.7. The van der Waals surface area contributed by atoms with Crippen LogP contribution in [0.15, 0.2) is 0 Å². The van der Waals surface area contributed by atoms with Gasteiger partial charge < -0.3 is 0 Å². The Balaban J connectivity index is 2.16. The highest BCUT2D eigenvalue weighted by molar-refractivity contribution is 5.45. The predicted molar refractivity (Wildman–Crippen MR) is 62.3 cm³/mol. The minimum atomic E-state index is 0.533. The third-order valence-electron chi connectivity index (χ3n) is 3.08. The van der Waals surface area contributed by atoms with Crippen LogP contribution in [0.5, 0.6) is 0 Å². The maximum Gasteiger partial charge on any atom is 0.223 e. The van der Waals surface area contributed by atoms with E-state index in [9.17, 15) is 4.79 Å². The molecule has 0 spiro atoms. The maximum atomic E-state index is 10.8. The van der Waals surface area contributed by atoms with Crippen molar-refractivity contribution in [3.05, 3.63) is 0 Å². The van der Waals surface area contributed by atoms with E-state index in [1.54, 1.807) is 5.01 Å². The molecule has 0 aromatic heterocycles. The highest BCUT2D eigenvalue weighted by Crippen LogP contribution is 2.17. The zero-order chi connectivity index (χ0) is 10.9. The van der Waals surface area contributed by atoms with Crippen LogP contribution in [0.3, 0.4) is 0 Å². The fourth-order valence-electron chi connectivity index (χ4n) is 2.15. The quantitative estimate of drug-likeness (QED) is 0.399. The highest BCUT2D eigenvalue weighted by Gasteiger charge is 2.14. The van der Waals surface area contributed by atoms with Crippen molar-refractivity contribution in [2.24, 2.45) is 0 Å². The van der Waals surface area contributed by atoms with Gasteiger partial charge in [0.1, 0.15) is 0 Å². The van der Waals surface area contributed by atoms with Crippen LogP contribution >= 0.6 is 0 Å². The third-order valence-corrected chi connectivity index (χ3v) is 3.08. The Morgan fingerprint density at radius 2 is 2.00 bits per heavy atom. The van der Waals surface area contributed by atoms with Crippen LogP contribution in [-0.2, 0) is 4.79 Å². The maximum absolute atomic E-state index is 10.8. The zero-order valence-corrected chi connectivity index (χ0v) is 9.87. The molecule has 1 rings (SSSR count). The van der Waals surface area contributed by atoms with E-state index in [1.807, 2.05) is 0 Å². The first kappa shape index (κ1) is 12.5. The fourth-order valence-corrected chi connectivity index (χ4v) is 2.15. The van der Waals surface area contributed by atoms with E-state index in [2.05, 4.69) is 12.3 Å². The Labute approximate surface area is 93.2 Å². The minimum Gasteiger partial charge on any atom is -0.280 e. The molecule has 15 heavy (non-hydrogen) atoms. The molecule has 0 saturated heterocycles. The first-order valence-electron chi connectivity index (χ1n) is 6.35. The van der Waals surface area contributed by atoms with Crippen molar-refractivity contribution in [3.63, 3.8) is 0 Å². The van der Waals surface area contributed by atoms with Crippen molar-refractivity contribution in [2.75, 3.05) is 6.54 Å². The fraction of sp³-hybridized carbons (Fsp3) is 0.917. The van der Waals surface area contributed by atoms with Gasteiger partial charge in [0, 0.05) is 12.6 Å². The lowest BCUT2D eigenvalue weighted by atomic mass is 9.96. The van der Waals surface area contributed by atoms with Crippen LogP contribution in [0.2, 0.25) is 0 Å². The lowest BCUT2D eigenvalue weighted by Crippen LogP contribution is -2.45. The van der Waals surface area contributed by atoms with Crippen molar-refractivity contribution in [1.82, 2.24) is 10.4 Å². The molecular formula is C12H24N2O. The molecule has 0 heterocycles. The molecule has 1 fully saturated rings. The molecule has 1 aliphatic carbocycles. The number of carbonyl (C=O) groups is 1. The molecule has 3 nitrogen and oxygen atoms in total. The molecule has 1 aliphatic rings. The van der Waals surface area contributed by atoms with E-state index < -0.39 is 0 Å². The number of hydrazine groups is 1. The van der Waals surface area contributed by atoms with E-state index in [1.165, 1.54) is 44.9 Å².